The molecule has 6 heteroatoms. The summed E-state index contributed by atoms with van der Waals surface area (Å²) in [6.45, 7) is 3.91. The van der Waals surface area contributed by atoms with Gasteiger partial charge in [-0.3, -0.25) is 0 Å². The first-order valence-corrected chi connectivity index (χ1v) is 9.37. The normalized spacial score (nSPS) is 10.4. The standard InChI is InChI=1S/C21H23FO4S/c1-13(2)5-10-17-18(25-3)11-14(19(20(17)23)21(24)26-4)12-27-16-8-6-15(22)7-9-16/h5-9,11,23H,10,12H2,1-4H3. The van der Waals surface area contributed by atoms with Crippen LogP contribution in [0.4, 0.5) is 4.39 Å². The molecule has 144 valence electrons. The number of halogens is 1. The van der Waals surface area contributed by atoms with Crippen LogP contribution in [0.1, 0.15) is 35.3 Å². The van der Waals surface area contributed by atoms with Crippen molar-refractivity contribution in [1.82, 2.24) is 0 Å². The molecule has 0 heterocycles. The quantitative estimate of drug-likeness (QED) is 0.404. The van der Waals surface area contributed by atoms with Crippen LogP contribution in [-0.2, 0) is 16.9 Å². The van der Waals surface area contributed by atoms with Gasteiger partial charge in [0.25, 0.3) is 0 Å². The number of hydrogen-bond donors (Lipinski definition) is 1. The van der Waals surface area contributed by atoms with Gasteiger partial charge < -0.3 is 14.6 Å². The van der Waals surface area contributed by atoms with Crippen LogP contribution in [0, 0.1) is 5.82 Å². The molecule has 2 rings (SSSR count). The summed E-state index contributed by atoms with van der Waals surface area (Å²) < 4.78 is 23.4. The highest BCUT2D eigenvalue weighted by atomic mass is 32.2. The fourth-order valence-electron chi connectivity index (χ4n) is 2.56. The lowest BCUT2D eigenvalue weighted by Crippen LogP contribution is -2.08. The molecule has 0 aliphatic heterocycles. The Kier molecular flexibility index (Phi) is 7.30. The zero-order chi connectivity index (χ0) is 20.0. The van der Waals surface area contributed by atoms with Crippen molar-refractivity contribution in [2.45, 2.75) is 30.9 Å². The Hall–Kier alpha value is -2.47. The lowest BCUT2D eigenvalue weighted by molar-refractivity contribution is 0.0596. The van der Waals surface area contributed by atoms with Crippen LogP contribution < -0.4 is 4.74 Å². The fraction of sp³-hybridized carbons (Fsp3) is 0.286. The van der Waals surface area contributed by atoms with Crippen molar-refractivity contribution in [2.75, 3.05) is 14.2 Å². The van der Waals surface area contributed by atoms with Gasteiger partial charge in [0.05, 0.1) is 14.2 Å². The summed E-state index contributed by atoms with van der Waals surface area (Å²) in [4.78, 5) is 13.2. The van der Waals surface area contributed by atoms with Gasteiger partial charge in [0, 0.05) is 16.2 Å². The molecule has 0 saturated carbocycles. The Morgan fingerprint density at radius 2 is 1.89 bits per heavy atom. The van der Waals surface area contributed by atoms with Gasteiger partial charge in [0.2, 0.25) is 0 Å². The molecule has 0 amide bonds. The summed E-state index contributed by atoms with van der Waals surface area (Å²) in [5.41, 5.74) is 2.35. The summed E-state index contributed by atoms with van der Waals surface area (Å²) in [5.74, 6) is -0.148. The van der Waals surface area contributed by atoms with Crippen molar-refractivity contribution < 1.29 is 23.8 Å². The highest BCUT2D eigenvalue weighted by molar-refractivity contribution is 7.98. The number of allylic oxidation sites excluding steroid dienone is 2. The Bertz CT molecular complexity index is 840. The first-order chi connectivity index (χ1) is 12.9. The second kappa shape index (κ2) is 9.46. The van der Waals surface area contributed by atoms with Crippen LogP contribution in [0.15, 0.2) is 46.9 Å². The minimum atomic E-state index is -0.608. The molecule has 0 atom stereocenters. The highest BCUT2D eigenvalue weighted by Gasteiger charge is 2.23. The summed E-state index contributed by atoms with van der Waals surface area (Å²) in [6, 6.07) is 7.83. The molecule has 0 aliphatic carbocycles. The van der Waals surface area contributed by atoms with Crippen molar-refractivity contribution in [1.29, 1.82) is 0 Å². The van der Waals surface area contributed by atoms with E-state index in [1.54, 1.807) is 18.2 Å². The van der Waals surface area contributed by atoms with Gasteiger partial charge in [0.15, 0.2) is 0 Å². The lowest BCUT2D eigenvalue weighted by Gasteiger charge is -2.17. The number of esters is 1. The van der Waals surface area contributed by atoms with E-state index in [1.807, 2.05) is 19.9 Å². The maximum atomic E-state index is 13.1. The third-order valence-corrected chi connectivity index (χ3v) is 5.04. The first-order valence-electron chi connectivity index (χ1n) is 8.39. The summed E-state index contributed by atoms with van der Waals surface area (Å²) in [5, 5.41) is 10.8. The maximum Gasteiger partial charge on any atom is 0.341 e. The molecule has 2 aromatic carbocycles. The van der Waals surface area contributed by atoms with Crippen LogP contribution >= 0.6 is 11.8 Å². The smallest absolute Gasteiger partial charge is 0.341 e. The molecule has 0 aliphatic rings. The fourth-order valence-corrected chi connectivity index (χ4v) is 3.44. The summed E-state index contributed by atoms with van der Waals surface area (Å²) in [7, 11) is 2.80. The Morgan fingerprint density at radius 3 is 2.44 bits per heavy atom. The second-order valence-corrected chi connectivity index (χ2v) is 7.21. The number of benzene rings is 2. The van der Waals surface area contributed by atoms with Crippen molar-refractivity contribution in [3.63, 3.8) is 0 Å². The van der Waals surface area contributed by atoms with Crippen LogP contribution in [-0.4, -0.2) is 25.3 Å². The molecule has 0 spiro atoms. The number of phenols is 1. The third kappa shape index (κ3) is 5.26. The molecule has 0 radical (unpaired) electrons. The first kappa shape index (κ1) is 20.8. The molecular formula is C21H23FO4S. The van der Waals surface area contributed by atoms with E-state index in [2.05, 4.69) is 0 Å². The summed E-state index contributed by atoms with van der Waals surface area (Å²) >= 11 is 1.42. The van der Waals surface area contributed by atoms with Gasteiger partial charge in [-0.2, -0.15) is 0 Å². The maximum absolute atomic E-state index is 13.1. The molecule has 1 N–H and O–H groups in total. The number of rotatable bonds is 7. The largest absolute Gasteiger partial charge is 0.507 e. The minimum absolute atomic E-state index is 0.130. The number of phenolic OH excluding ortho intramolecular Hbond substituents is 1. The van der Waals surface area contributed by atoms with Gasteiger partial charge in [-0.05, 0) is 56.2 Å². The zero-order valence-corrected chi connectivity index (χ0v) is 16.7. The predicted molar refractivity (Wildman–Crippen MR) is 105 cm³/mol. The molecule has 0 bridgehead atoms. The van der Waals surface area contributed by atoms with Crippen LogP contribution in [0.3, 0.4) is 0 Å². The van der Waals surface area contributed by atoms with Crippen LogP contribution in [0.2, 0.25) is 0 Å². The number of thioether (sulfide) groups is 1. The Morgan fingerprint density at radius 1 is 1.22 bits per heavy atom. The monoisotopic (exact) mass is 390 g/mol. The van der Waals surface area contributed by atoms with Crippen molar-refractivity contribution >= 4 is 17.7 Å². The van der Waals surface area contributed by atoms with E-state index < -0.39 is 5.97 Å². The van der Waals surface area contributed by atoms with Gasteiger partial charge in [0.1, 0.15) is 22.9 Å². The van der Waals surface area contributed by atoms with Crippen molar-refractivity contribution in [3.8, 4) is 11.5 Å². The minimum Gasteiger partial charge on any atom is -0.507 e. The molecule has 0 saturated heterocycles. The molecule has 27 heavy (non-hydrogen) atoms. The molecule has 0 fully saturated rings. The molecule has 0 aromatic heterocycles. The number of carbonyl (C=O) groups is 1. The number of methoxy groups -OCH3 is 2. The number of ether oxygens (including phenoxy) is 2. The predicted octanol–water partition coefficient (Wildman–Crippen LogP) is 5.13. The molecule has 0 unspecified atom stereocenters. The van der Waals surface area contributed by atoms with E-state index in [0.29, 0.717) is 29.1 Å². The number of carbonyl (C=O) groups excluding carboxylic acids is 1. The van der Waals surface area contributed by atoms with E-state index in [-0.39, 0.29) is 17.1 Å². The van der Waals surface area contributed by atoms with Gasteiger partial charge in [-0.15, -0.1) is 11.8 Å². The van der Waals surface area contributed by atoms with Gasteiger partial charge >= 0.3 is 5.97 Å². The zero-order valence-electron chi connectivity index (χ0n) is 15.8. The second-order valence-electron chi connectivity index (χ2n) is 6.16. The van der Waals surface area contributed by atoms with Crippen LogP contribution in [0.5, 0.6) is 11.5 Å². The average molecular weight is 390 g/mol. The molecule has 4 nitrogen and oxygen atoms in total. The van der Waals surface area contributed by atoms with E-state index in [9.17, 15) is 14.3 Å². The van der Waals surface area contributed by atoms with Gasteiger partial charge in [-0.25, -0.2) is 9.18 Å². The summed E-state index contributed by atoms with van der Waals surface area (Å²) in [6.07, 6.45) is 2.39. The van der Waals surface area contributed by atoms with E-state index in [4.69, 9.17) is 9.47 Å². The number of hydrogen-bond acceptors (Lipinski definition) is 5. The molecular weight excluding hydrogens is 367 g/mol. The SMILES string of the molecule is COC(=O)c1c(CSc2ccc(F)cc2)cc(OC)c(CC=C(C)C)c1O. The van der Waals surface area contributed by atoms with Crippen molar-refractivity contribution in [2.24, 2.45) is 0 Å². The van der Waals surface area contributed by atoms with E-state index in [1.165, 1.54) is 38.1 Å². The highest BCUT2D eigenvalue weighted by Crippen LogP contribution is 2.38. The van der Waals surface area contributed by atoms with E-state index in [0.717, 1.165) is 10.5 Å². The van der Waals surface area contributed by atoms with E-state index >= 15 is 0 Å². The Labute approximate surface area is 163 Å². The Balaban J connectivity index is 2.45. The van der Waals surface area contributed by atoms with Crippen LogP contribution in [0.25, 0.3) is 0 Å². The average Bonchev–Trinajstić information content (AvgIpc) is 2.65. The molecule has 2 aromatic rings. The van der Waals surface area contributed by atoms with Crippen molar-refractivity contribution in [3.05, 3.63) is 64.5 Å². The number of aromatic hydroxyl groups is 1. The van der Waals surface area contributed by atoms with Gasteiger partial charge in [-0.1, -0.05) is 11.6 Å². The topological polar surface area (TPSA) is 55.8 Å². The third-order valence-electron chi connectivity index (χ3n) is 3.98. The lowest BCUT2D eigenvalue weighted by atomic mass is 9.99.